The van der Waals surface area contributed by atoms with Crippen molar-refractivity contribution in [3.8, 4) is 11.5 Å². The third-order valence-electron chi connectivity index (χ3n) is 20.1. The van der Waals surface area contributed by atoms with Gasteiger partial charge in [0.05, 0.1) is 39.3 Å². The molecule has 1 atom stereocenters. The van der Waals surface area contributed by atoms with Crippen LogP contribution in [0.4, 0.5) is 0 Å². The van der Waals surface area contributed by atoms with Gasteiger partial charge in [-0.3, -0.25) is 43.2 Å². The average molecular weight is 1450 g/mol. The van der Waals surface area contributed by atoms with Gasteiger partial charge in [-0.15, -0.1) is 0 Å². The van der Waals surface area contributed by atoms with Gasteiger partial charge in [-0.05, 0) is 151 Å². The smallest absolute Gasteiger partial charge is 0.326 e. The van der Waals surface area contributed by atoms with Gasteiger partial charge in [-0.2, -0.15) is 12.6 Å². The molecule has 3 aromatic rings. The van der Waals surface area contributed by atoms with Crippen molar-refractivity contribution in [2.45, 2.75) is 185 Å². The van der Waals surface area contributed by atoms with Crippen LogP contribution in [0.25, 0.3) is 0 Å². The van der Waals surface area contributed by atoms with Crippen LogP contribution in [-0.4, -0.2) is 251 Å². The number of amides is 9. The number of ether oxygens (including phenoxy) is 2. The van der Waals surface area contributed by atoms with Gasteiger partial charge in [0.1, 0.15) is 25.7 Å². The Morgan fingerprint density at radius 2 is 0.816 bits per heavy atom. The monoisotopic (exact) mass is 1450 g/mol. The van der Waals surface area contributed by atoms with Crippen LogP contribution in [0, 0.1) is 0 Å². The predicted octanol–water partition coefficient (Wildman–Crippen LogP) is 4.72. The van der Waals surface area contributed by atoms with E-state index in [0.717, 1.165) is 87.3 Å². The summed E-state index contributed by atoms with van der Waals surface area (Å²) in [7, 11) is 0. The number of benzene rings is 3. The Bertz CT molecular complexity index is 3160. The van der Waals surface area contributed by atoms with Crippen molar-refractivity contribution < 1.29 is 62.5 Å². The molecule has 1 unspecified atom stereocenters. The molecule has 1 aliphatic heterocycles. The number of hydrogen-bond donors (Lipinski definition) is 7. The number of thiol groups is 1. The van der Waals surface area contributed by atoms with Crippen molar-refractivity contribution in [2.24, 2.45) is 17.2 Å². The molecule has 27 heteroatoms. The fourth-order valence-corrected chi connectivity index (χ4v) is 14.4. The molecule has 0 spiro atoms. The Kier molecular flexibility index (Phi) is 36.3. The highest BCUT2D eigenvalue weighted by Gasteiger charge is 2.37. The molecule has 26 nitrogen and oxygen atoms in total. The maximum absolute atomic E-state index is 15.3. The largest absolute Gasteiger partial charge is 0.480 e. The van der Waals surface area contributed by atoms with Crippen LogP contribution in [0.3, 0.4) is 0 Å². The lowest BCUT2D eigenvalue weighted by molar-refractivity contribution is -0.151. The molecule has 3 aliphatic carbocycles. The number of rotatable bonds is 45. The van der Waals surface area contributed by atoms with Crippen molar-refractivity contribution in [2.75, 3.05) is 124 Å². The summed E-state index contributed by atoms with van der Waals surface area (Å²) in [6.07, 6.45) is 15.6. The lowest BCUT2D eigenvalue weighted by Crippen LogP contribution is -2.56. The SMILES string of the molecule is NCCCCN(CC(=O)NC(CCS)C(=O)O)C(=O)CN(C(=O)CN(C(=O)CN(CCCCN)C(=O)CN(CCc1ccccc1)C(=O)CN(CCCCN)C(=O)CN(CCc1ccccc1)C(=O)CN(C(=O)CNCc1ccc2c(c1)OCO2)C1CCCCC1)C1CCCCC1)C1CCCCC1. The summed E-state index contributed by atoms with van der Waals surface area (Å²) < 4.78 is 11.0. The first-order valence-corrected chi connectivity index (χ1v) is 38.3. The molecule has 3 saturated carbocycles. The minimum absolute atomic E-state index is 0.0334. The summed E-state index contributed by atoms with van der Waals surface area (Å²) in [6, 6.07) is 22.6. The van der Waals surface area contributed by atoms with Crippen LogP contribution in [0.1, 0.15) is 158 Å². The zero-order valence-electron chi connectivity index (χ0n) is 60.5. The minimum atomic E-state index is -1.23. The molecular formula is C76H115N13O13S. The maximum Gasteiger partial charge on any atom is 0.326 e. The molecule has 9 N–H and O–H groups in total. The van der Waals surface area contributed by atoms with Crippen LogP contribution in [0.5, 0.6) is 11.5 Å². The van der Waals surface area contributed by atoms with Crippen molar-refractivity contribution in [3.05, 3.63) is 95.6 Å². The quantitative estimate of drug-likeness (QED) is 0.0297. The summed E-state index contributed by atoms with van der Waals surface area (Å²) in [6.45, 7) is -1.19. The standard InChI is InChI=1S/C76H115N13O13S/c77-37-16-19-40-82(49-67(90)81-64(36-45-103)76(99)100)72(95)55-88(62-28-12-4-13-29-62)75(98)56-89(63-30-14-5-15-31-63)74(97)53-84(42-21-18-39-79)70(93)51-85(43-34-58-22-6-1-7-23-58)71(94)50-83(41-20-17-38-78)69(92)52-86(44-35-59-24-8-2-9-25-59)73(96)54-87(61-26-10-3-11-27-61)68(91)48-80-47-60-32-33-65-66(46-60)102-57-101-65/h1-2,6-9,22-25,32-33,46,61-64,80,103H,3-5,10-21,26-31,34-45,47-57,77-79H2,(H,81,90)(H,99,100). The molecule has 0 aromatic heterocycles. The number of carboxylic acids is 1. The van der Waals surface area contributed by atoms with Crippen molar-refractivity contribution in [3.63, 3.8) is 0 Å². The van der Waals surface area contributed by atoms with E-state index in [0.29, 0.717) is 115 Å². The lowest BCUT2D eigenvalue weighted by atomic mass is 9.93. The highest BCUT2D eigenvalue weighted by Crippen LogP contribution is 2.33. The Balaban J connectivity index is 1.11. The van der Waals surface area contributed by atoms with Gasteiger partial charge in [-0.1, -0.05) is 125 Å². The van der Waals surface area contributed by atoms with E-state index in [1.165, 1.54) is 24.5 Å². The van der Waals surface area contributed by atoms with E-state index < -0.39 is 92.0 Å². The molecule has 3 aromatic carbocycles. The van der Waals surface area contributed by atoms with Crippen molar-refractivity contribution in [1.82, 2.24) is 49.8 Å². The average Bonchev–Trinajstić information content (AvgIpc) is 1.55. The third kappa shape index (κ3) is 27.9. The molecule has 568 valence electrons. The number of nitrogens with two attached hydrogens (primary N) is 3. The number of carbonyl (C=O) groups is 10. The first kappa shape index (κ1) is 82.4. The second-order valence-corrected chi connectivity index (χ2v) is 28.2. The topological polar surface area (TPSA) is 337 Å². The zero-order chi connectivity index (χ0) is 73.7. The van der Waals surface area contributed by atoms with E-state index in [-0.39, 0.29) is 102 Å². The van der Waals surface area contributed by atoms with Gasteiger partial charge in [0.2, 0.25) is 60.0 Å². The molecule has 3 fully saturated rings. The number of nitrogens with one attached hydrogen (secondary N) is 2. The number of hydrogen-bond acceptors (Lipinski definition) is 17. The Hall–Kier alpha value is -7.85. The summed E-state index contributed by atoms with van der Waals surface area (Å²) >= 11 is 4.15. The van der Waals surface area contributed by atoms with Crippen molar-refractivity contribution >= 4 is 71.8 Å². The predicted molar refractivity (Wildman–Crippen MR) is 396 cm³/mol. The Morgan fingerprint density at radius 1 is 0.437 bits per heavy atom. The molecule has 0 bridgehead atoms. The minimum Gasteiger partial charge on any atom is -0.480 e. The second-order valence-electron chi connectivity index (χ2n) is 27.7. The molecule has 1 heterocycles. The van der Waals surface area contributed by atoms with Crippen LogP contribution in [0.15, 0.2) is 78.9 Å². The van der Waals surface area contributed by atoms with E-state index in [1.807, 2.05) is 78.9 Å². The maximum atomic E-state index is 15.3. The van der Waals surface area contributed by atoms with Gasteiger partial charge in [0.15, 0.2) is 11.5 Å². The van der Waals surface area contributed by atoms with E-state index in [2.05, 4.69) is 23.3 Å². The molecule has 0 radical (unpaired) electrons. The lowest BCUT2D eigenvalue weighted by Gasteiger charge is -2.39. The molecule has 9 amide bonds. The number of carboxylic acid groups (broad SMARTS) is 1. The summed E-state index contributed by atoms with van der Waals surface area (Å²) in [5.74, 6) is -4.07. The fourth-order valence-electron chi connectivity index (χ4n) is 14.1. The van der Waals surface area contributed by atoms with Gasteiger partial charge in [-0.25, -0.2) is 4.79 Å². The van der Waals surface area contributed by atoms with Gasteiger partial charge < -0.3 is 81.6 Å². The summed E-state index contributed by atoms with van der Waals surface area (Å²) in [4.78, 5) is 157. The number of fused-ring (bicyclic) bond motifs is 1. The number of carbonyl (C=O) groups excluding carboxylic acids is 9. The van der Waals surface area contributed by atoms with E-state index in [9.17, 15) is 29.1 Å². The molecule has 7 rings (SSSR count). The number of nitrogens with zero attached hydrogens (tertiary/aromatic N) is 8. The first-order valence-electron chi connectivity index (χ1n) is 37.7. The van der Waals surface area contributed by atoms with E-state index >= 15 is 24.0 Å². The number of aliphatic carboxylic acids is 1. The fraction of sp³-hybridized carbons (Fsp3) is 0.632. The van der Waals surface area contributed by atoms with Crippen LogP contribution < -0.4 is 37.3 Å². The Morgan fingerprint density at radius 3 is 1.24 bits per heavy atom. The van der Waals surface area contributed by atoms with Gasteiger partial charge in [0.25, 0.3) is 0 Å². The molecular weight excluding hydrogens is 1330 g/mol. The van der Waals surface area contributed by atoms with Crippen molar-refractivity contribution in [1.29, 1.82) is 0 Å². The van der Waals surface area contributed by atoms with E-state index in [1.54, 1.807) is 14.7 Å². The second kappa shape index (κ2) is 45.4. The molecule has 0 saturated heterocycles. The van der Waals surface area contributed by atoms with Crippen LogP contribution in [-0.2, 0) is 67.3 Å². The normalized spacial score (nSPS) is 15.0. The first-order chi connectivity index (χ1) is 50.0. The number of unbranched alkanes of at least 4 members (excludes halogenated alkanes) is 3. The van der Waals surface area contributed by atoms with E-state index in [4.69, 9.17) is 26.7 Å². The van der Waals surface area contributed by atoms with Gasteiger partial charge >= 0.3 is 5.97 Å². The molecule has 103 heavy (non-hydrogen) atoms. The van der Waals surface area contributed by atoms with Crippen LogP contribution in [0.2, 0.25) is 0 Å². The zero-order valence-corrected chi connectivity index (χ0v) is 61.4. The highest BCUT2D eigenvalue weighted by atomic mass is 32.1. The summed E-state index contributed by atoms with van der Waals surface area (Å²) in [5, 5.41) is 15.6. The molecule has 4 aliphatic rings. The van der Waals surface area contributed by atoms with Gasteiger partial charge in [0, 0.05) is 57.4 Å². The third-order valence-corrected chi connectivity index (χ3v) is 20.4. The highest BCUT2D eigenvalue weighted by molar-refractivity contribution is 7.80. The summed E-state index contributed by atoms with van der Waals surface area (Å²) in [5.41, 5.74) is 20.6. The van der Waals surface area contributed by atoms with Crippen LogP contribution >= 0.6 is 12.6 Å². The Labute approximate surface area is 614 Å².